The summed E-state index contributed by atoms with van der Waals surface area (Å²) < 4.78 is 0. The average Bonchev–Trinajstić information content (AvgIpc) is 2.48. The first-order valence-electron chi connectivity index (χ1n) is 3.54. The highest BCUT2D eigenvalue weighted by molar-refractivity contribution is 7.78. The maximum Gasteiger partial charge on any atom is 0.278 e. The van der Waals surface area contributed by atoms with Gasteiger partial charge >= 0.3 is 0 Å². The summed E-state index contributed by atoms with van der Waals surface area (Å²) in [5.41, 5.74) is 5.34. The molecule has 2 aromatic rings. The number of aromatic amines is 2. The summed E-state index contributed by atoms with van der Waals surface area (Å²) in [7, 11) is 0. The Kier molecular flexibility index (Phi) is 1.84. The Morgan fingerprint density at radius 2 is 2.21 bits per heavy atom. The van der Waals surface area contributed by atoms with Crippen LogP contribution in [0.2, 0.25) is 0 Å². The standard InChI is InChI=1S/C6H4N6OS/c7-5-10-3-2(4(13)12-5)9-6(11-3)8-1-14/h(H4,7,9,10,11,12,13). The molecule has 0 bridgehead atoms. The number of aliphatic imine (C=N–C) groups is 1. The summed E-state index contributed by atoms with van der Waals surface area (Å²) in [5, 5.41) is 2.12. The summed E-state index contributed by atoms with van der Waals surface area (Å²) in [6.07, 6.45) is 0. The Labute approximate surface area is 82.1 Å². The van der Waals surface area contributed by atoms with Crippen molar-refractivity contribution in [2.75, 3.05) is 5.73 Å². The van der Waals surface area contributed by atoms with Crippen LogP contribution in [0.1, 0.15) is 0 Å². The lowest BCUT2D eigenvalue weighted by molar-refractivity contribution is 1.17. The van der Waals surface area contributed by atoms with Gasteiger partial charge in [0.1, 0.15) is 0 Å². The van der Waals surface area contributed by atoms with Crippen molar-refractivity contribution in [3.05, 3.63) is 10.4 Å². The number of H-pyrrole nitrogens is 2. The molecule has 0 radical (unpaired) electrons. The van der Waals surface area contributed by atoms with Gasteiger partial charge in [-0.25, -0.2) is 0 Å². The molecule has 2 aromatic heterocycles. The number of imidazole rings is 1. The third-order valence-corrected chi connectivity index (χ3v) is 1.61. The van der Waals surface area contributed by atoms with E-state index in [1.54, 1.807) is 0 Å². The lowest BCUT2D eigenvalue weighted by atomic mass is 10.5. The lowest BCUT2D eigenvalue weighted by Crippen LogP contribution is -2.10. The number of nitrogens with two attached hydrogens (primary N) is 1. The second kappa shape index (κ2) is 3.02. The van der Waals surface area contributed by atoms with Gasteiger partial charge in [-0.15, -0.1) is 0 Å². The number of nitrogen functional groups attached to an aromatic ring is 1. The topological polar surface area (TPSA) is 113 Å². The number of fused-ring (bicyclic) bond motifs is 1. The molecule has 0 unspecified atom stereocenters. The number of rotatable bonds is 1. The number of nitrogens with zero attached hydrogens (tertiary/aromatic N) is 3. The number of anilines is 1. The van der Waals surface area contributed by atoms with E-state index >= 15 is 0 Å². The molecule has 0 amide bonds. The number of nitrogens with one attached hydrogen (secondary N) is 2. The van der Waals surface area contributed by atoms with E-state index in [1.807, 2.05) is 0 Å². The van der Waals surface area contributed by atoms with Gasteiger partial charge in [-0.2, -0.15) is 15.0 Å². The maximum atomic E-state index is 11.3. The van der Waals surface area contributed by atoms with Crippen molar-refractivity contribution >= 4 is 40.4 Å². The van der Waals surface area contributed by atoms with E-state index in [4.69, 9.17) is 5.73 Å². The fourth-order valence-corrected chi connectivity index (χ4v) is 1.09. The molecule has 70 valence electrons. The van der Waals surface area contributed by atoms with Crippen LogP contribution in [0.15, 0.2) is 9.79 Å². The minimum atomic E-state index is -0.397. The second-order valence-electron chi connectivity index (χ2n) is 2.41. The third kappa shape index (κ3) is 1.28. The van der Waals surface area contributed by atoms with E-state index in [9.17, 15) is 4.79 Å². The minimum Gasteiger partial charge on any atom is -0.369 e. The van der Waals surface area contributed by atoms with E-state index in [2.05, 4.69) is 42.3 Å². The fraction of sp³-hybridized carbons (Fsp3) is 0. The van der Waals surface area contributed by atoms with Crippen molar-refractivity contribution in [2.24, 2.45) is 4.99 Å². The third-order valence-electron chi connectivity index (χ3n) is 1.52. The monoisotopic (exact) mass is 208 g/mol. The molecule has 8 heteroatoms. The highest BCUT2D eigenvalue weighted by Gasteiger charge is 2.07. The summed E-state index contributed by atoms with van der Waals surface area (Å²) in [4.78, 5) is 27.5. The van der Waals surface area contributed by atoms with Gasteiger partial charge in [-0.1, -0.05) is 0 Å². The van der Waals surface area contributed by atoms with E-state index in [0.29, 0.717) is 0 Å². The van der Waals surface area contributed by atoms with Gasteiger partial charge in [0.15, 0.2) is 11.2 Å². The van der Waals surface area contributed by atoms with Gasteiger partial charge in [0.25, 0.3) is 5.56 Å². The Balaban J connectivity index is 2.83. The molecule has 4 N–H and O–H groups in total. The summed E-state index contributed by atoms with van der Waals surface area (Å²) in [6, 6.07) is 0. The molecule has 0 saturated heterocycles. The number of hydrogen-bond acceptors (Lipinski definition) is 6. The van der Waals surface area contributed by atoms with Crippen LogP contribution in [-0.2, 0) is 0 Å². The van der Waals surface area contributed by atoms with Crippen molar-refractivity contribution in [1.29, 1.82) is 0 Å². The van der Waals surface area contributed by atoms with Crippen LogP contribution in [0.5, 0.6) is 0 Å². The highest BCUT2D eigenvalue weighted by Crippen LogP contribution is 2.10. The highest BCUT2D eigenvalue weighted by atomic mass is 32.1. The Morgan fingerprint density at radius 3 is 2.93 bits per heavy atom. The van der Waals surface area contributed by atoms with E-state index in [0.717, 1.165) is 0 Å². The van der Waals surface area contributed by atoms with E-state index in [-0.39, 0.29) is 23.1 Å². The molecule has 0 saturated carbocycles. The molecule has 2 heterocycles. The minimum absolute atomic E-state index is 0.00637. The number of aromatic nitrogens is 4. The van der Waals surface area contributed by atoms with Gasteiger partial charge in [-0.05, 0) is 12.2 Å². The van der Waals surface area contributed by atoms with Crippen molar-refractivity contribution < 1.29 is 0 Å². The van der Waals surface area contributed by atoms with Crippen LogP contribution in [0.25, 0.3) is 11.2 Å². The van der Waals surface area contributed by atoms with Crippen LogP contribution in [0.4, 0.5) is 11.9 Å². The van der Waals surface area contributed by atoms with Crippen molar-refractivity contribution in [3.63, 3.8) is 0 Å². The molecule has 0 fully saturated rings. The zero-order valence-corrected chi connectivity index (χ0v) is 7.55. The zero-order chi connectivity index (χ0) is 10.1. The van der Waals surface area contributed by atoms with Crippen LogP contribution in [0, 0.1) is 0 Å². The molecule has 0 atom stereocenters. The molecule has 0 aromatic carbocycles. The first-order valence-corrected chi connectivity index (χ1v) is 3.95. The van der Waals surface area contributed by atoms with Crippen molar-refractivity contribution in [2.45, 2.75) is 0 Å². The zero-order valence-electron chi connectivity index (χ0n) is 6.74. The van der Waals surface area contributed by atoms with Crippen LogP contribution < -0.4 is 11.3 Å². The maximum absolute atomic E-state index is 11.3. The fourth-order valence-electron chi connectivity index (χ4n) is 1.01. The Morgan fingerprint density at radius 1 is 1.43 bits per heavy atom. The van der Waals surface area contributed by atoms with Gasteiger partial charge < -0.3 is 10.7 Å². The van der Waals surface area contributed by atoms with Crippen molar-refractivity contribution in [1.82, 2.24) is 19.9 Å². The van der Waals surface area contributed by atoms with Gasteiger partial charge in [0.05, 0.1) is 5.16 Å². The molecule has 14 heavy (non-hydrogen) atoms. The molecule has 7 nitrogen and oxygen atoms in total. The van der Waals surface area contributed by atoms with Crippen molar-refractivity contribution in [3.8, 4) is 0 Å². The van der Waals surface area contributed by atoms with Gasteiger partial charge in [-0.3, -0.25) is 9.78 Å². The first kappa shape index (κ1) is 8.54. The number of isothiocyanates is 1. The molecule has 0 aliphatic carbocycles. The molecule has 2 rings (SSSR count). The molecule has 0 aliphatic rings. The molecular formula is C6H4N6OS. The number of thiocarbonyl (C=S) groups is 1. The molecule has 0 aliphatic heterocycles. The number of hydrogen-bond donors (Lipinski definition) is 3. The Hall–Kier alpha value is -2.05. The first-order chi connectivity index (χ1) is 6.70. The van der Waals surface area contributed by atoms with Gasteiger partial charge in [0, 0.05) is 0 Å². The van der Waals surface area contributed by atoms with Crippen LogP contribution in [0.3, 0.4) is 0 Å². The quantitative estimate of drug-likeness (QED) is 0.449. The van der Waals surface area contributed by atoms with Gasteiger partial charge in [0.2, 0.25) is 11.9 Å². The summed E-state index contributed by atoms with van der Waals surface area (Å²) in [6.45, 7) is 0. The predicted molar refractivity (Wildman–Crippen MR) is 53.6 cm³/mol. The average molecular weight is 208 g/mol. The predicted octanol–water partition coefficient (Wildman–Crippen LogP) is -0.0373. The molecular weight excluding hydrogens is 204 g/mol. The molecule has 0 spiro atoms. The van der Waals surface area contributed by atoms with Crippen LogP contribution in [-0.4, -0.2) is 25.1 Å². The van der Waals surface area contributed by atoms with Crippen LogP contribution >= 0.6 is 12.2 Å². The summed E-state index contributed by atoms with van der Waals surface area (Å²) >= 11 is 4.39. The SMILES string of the molecule is Nc1nc2nc(N=C=S)[nH]c2c(=O)[nH]1. The largest absolute Gasteiger partial charge is 0.369 e. The second-order valence-corrected chi connectivity index (χ2v) is 2.60. The Bertz CT molecular complexity index is 592. The lowest BCUT2D eigenvalue weighted by Gasteiger charge is -1.88. The smallest absolute Gasteiger partial charge is 0.278 e. The van der Waals surface area contributed by atoms with E-state index < -0.39 is 5.56 Å². The normalized spacial score (nSPS) is 10.0. The van der Waals surface area contributed by atoms with E-state index in [1.165, 1.54) is 0 Å². The summed E-state index contributed by atoms with van der Waals surface area (Å²) in [5.74, 6) is 0.186.